The normalized spacial score (nSPS) is 20.1. The van der Waals surface area contributed by atoms with Crippen LogP contribution in [0.25, 0.3) is 0 Å². The first-order chi connectivity index (χ1) is 11.4. The Morgan fingerprint density at radius 3 is 2.54 bits per heavy atom. The first-order valence-electron chi connectivity index (χ1n) is 7.65. The highest BCUT2D eigenvalue weighted by molar-refractivity contribution is 14.1. The monoisotopic (exact) mass is 449 g/mol. The van der Waals surface area contributed by atoms with Crippen molar-refractivity contribution in [3.05, 3.63) is 21.8 Å². The van der Waals surface area contributed by atoms with E-state index in [0.717, 1.165) is 41.4 Å². The fourth-order valence-electron chi connectivity index (χ4n) is 3.31. The average molecular weight is 449 g/mol. The molecule has 0 radical (unpaired) electrons. The van der Waals surface area contributed by atoms with Crippen LogP contribution in [0.3, 0.4) is 0 Å². The van der Waals surface area contributed by atoms with E-state index in [-0.39, 0.29) is 17.7 Å². The van der Waals surface area contributed by atoms with Crippen LogP contribution in [0.4, 0.5) is 14.5 Å². The molecular weight excluding hydrogens is 431 g/mol. The minimum absolute atomic E-state index is 0.103. The minimum Gasteiger partial charge on any atom is -0.435 e. The molecule has 2 aliphatic rings. The Kier molecular flexibility index (Phi) is 4.79. The molecule has 0 aromatic heterocycles. The molecule has 1 saturated carbocycles. The van der Waals surface area contributed by atoms with Gasteiger partial charge in [-0.3, -0.25) is 4.90 Å². The molecule has 1 aliphatic heterocycles. The third-order valence-corrected chi connectivity index (χ3v) is 5.10. The first kappa shape index (κ1) is 17.2. The highest BCUT2D eigenvalue weighted by atomic mass is 127. The van der Waals surface area contributed by atoms with E-state index in [1.54, 1.807) is 12.1 Å². The number of ether oxygens (including phenoxy) is 1. The molecule has 9 heteroatoms. The van der Waals surface area contributed by atoms with Gasteiger partial charge in [0, 0.05) is 3.57 Å². The maximum atomic E-state index is 12.4. The lowest BCUT2D eigenvalue weighted by Crippen LogP contribution is -2.58. The Bertz CT molecular complexity index is 688. The third kappa shape index (κ3) is 3.26. The zero-order valence-electron chi connectivity index (χ0n) is 12.9. The van der Waals surface area contributed by atoms with Crippen molar-refractivity contribution in [2.45, 2.75) is 44.4 Å². The minimum atomic E-state index is -2.86. The lowest BCUT2D eigenvalue weighted by atomic mass is 9.87. The number of nitrogens with zero attached hydrogens (tertiary/aromatic N) is 3. The highest BCUT2D eigenvalue weighted by Crippen LogP contribution is 2.41. The Hall–Kier alpha value is -1.65. The molecule has 4 N–H and O–H groups in total. The van der Waals surface area contributed by atoms with E-state index in [1.165, 1.54) is 6.07 Å². The van der Waals surface area contributed by atoms with Gasteiger partial charge in [-0.05, 0) is 66.5 Å². The molecule has 3 rings (SSSR count). The Labute approximate surface area is 152 Å². The molecule has 1 spiro atoms. The molecule has 1 aromatic rings. The van der Waals surface area contributed by atoms with Crippen molar-refractivity contribution >= 4 is 40.2 Å². The summed E-state index contributed by atoms with van der Waals surface area (Å²) >= 11 is 2.07. The van der Waals surface area contributed by atoms with Gasteiger partial charge in [0.1, 0.15) is 11.4 Å². The molecule has 1 aliphatic carbocycles. The Morgan fingerprint density at radius 2 is 1.92 bits per heavy atom. The zero-order chi connectivity index (χ0) is 17.3. The summed E-state index contributed by atoms with van der Waals surface area (Å²) in [5.74, 6) is 0.550. The van der Waals surface area contributed by atoms with Crippen LogP contribution >= 0.6 is 22.6 Å². The van der Waals surface area contributed by atoms with Gasteiger partial charge in [0.2, 0.25) is 11.9 Å². The van der Waals surface area contributed by atoms with Gasteiger partial charge in [-0.1, -0.05) is 6.42 Å². The van der Waals surface area contributed by atoms with Crippen molar-refractivity contribution in [3.63, 3.8) is 0 Å². The van der Waals surface area contributed by atoms with Gasteiger partial charge < -0.3 is 16.2 Å². The quantitative estimate of drug-likeness (QED) is 0.695. The number of anilines is 1. The van der Waals surface area contributed by atoms with Crippen molar-refractivity contribution < 1.29 is 13.5 Å². The summed E-state index contributed by atoms with van der Waals surface area (Å²) in [7, 11) is 0. The van der Waals surface area contributed by atoms with Crippen molar-refractivity contribution in [1.29, 1.82) is 0 Å². The van der Waals surface area contributed by atoms with Crippen molar-refractivity contribution in [1.82, 2.24) is 0 Å². The fraction of sp³-hybridized carbons (Fsp3) is 0.467. The molecule has 24 heavy (non-hydrogen) atoms. The van der Waals surface area contributed by atoms with Gasteiger partial charge in [0.05, 0.1) is 5.69 Å². The summed E-state index contributed by atoms with van der Waals surface area (Å²) in [5, 5.41) is 0. The van der Waals surface area contributed by atoms with Crippen LogP contribution in [-0.4, -0.2) is 24.2 Å². The number of alkyl halides is 2. The second-order valence-corrected chi connectivity index (χ2v) is 6.97. The molecular formula is C15H18F2IN5O. The maximum absolute atomic E-state index is 12.4. The van der Waals surface area contributed by atoms with E-state index in [0.29, 0.717) is 0 Å². The van der Waals surface area contributed by atoms with E-state index in [4.69, 9.17) is 11.5 Å². The zero-order valence-corrected chi connectivity index (χ0v) is 15.0. The molecule has 0 amide bonds. The smallest absolute Gasteiger partial charge is 0.387 e. The molecule has 0 atom stereocenters. The largest absolute Gasteiger partial charge is 0.435 e. The molecule has 0 bridgehead atoms. The number of hydrogen-bond acceptors (Lipinski definition) is 6. The first-order valence-corrected chi connectivity index (χ1v) is 8.73. The summed E-state index contributed by atoms with van der Waals surface area (Å²) in [6.45, 7) is -2.86. The van der Waals surface area contributed by atoms with Crippen LogP contribution in [0.1, 0.15) is 32.1 Å². The number of hydrogen-bond donors (Lipinski definition) is 2. The number of aliphatic imine (C=N–C) groups is 2. The van der Waals surface area contributed by atoms with Crippen LogP contribution in [0.5, 0.6) is 5.75 Å². The molecule has 1 fully saturated rings. The number of halogens is 3. The third-order valence-electron chi connectivity index (χ3n) is 4.24. The van der Waals surface area contributed by atoms with Gasteiger partial charge in [-0.2, -0.15) is 13.8 Å². The fourth-order valence-corrected chi connectivity index (χ4v) is 4.04. The number of nitrogens with two attached hydrogens (primary N) is 2. The highest BCUT2D eigenvalue weighted by Gasteiger charge is 2.43. The number of guanidine groups is 2. The van der Waals surface area contributed by atoms with Crippen molar-refractivity contribution in [2.24, 2.45) is 21.5 Å². The van der Waals surface area contributed by atoms with Gasteiger partial charge in [0.15, 0.2) is 0 Å². The van der Waals surface area contributed by atoms with Crippen molar-refractivity contribution in [2.75, 3.05) is 4.90 Å². The SMILES string of the molecule is NC1=NC2(CCCCC2)N(c2ccc(OC(F)F)cc2I)C(N)=N1. The van der Waals surface area contributed by atoms with Gasteiger partial charge >= 0.3 is 6.61 Å². The van der Waals surface area contributed by atoms with Gasteiger partial charge in [0.25, 0.3) is 0 Å². The molecule has 6 nitrogen and oxygen atoms in total. The van der Waals surface area contributed by atoms with E-state index in [9.17, 15) is 8.78 Å². The molecule has 0 unspecified atom stereocenters. The summed E-state index contributed by atoms with van der Waals surface area (Å²) in [6, 6.07) is 4.75. The predicted molar refractivity (Wildman–Crippen MR) is 97.3 cm³/mol. The molecule has 1 heterocycles. The molecule has 1 aromatic carbocycles. The Balaban J connectivity index is 2.01. The second-order valence-electron chi connectivity index (χ2n) is 5.81. The van der Waals surface area contributed by atoms with Gasteiger partial charge in [-0.25, -0.2) is 4.99 Å². The lowest BCUT2D eigenvalue weighted by molar-refractivity contribution is -0.0498. The topological polar surface area (TPSA) is 89.2 Å². The van der Waals surface area contributed by atoms with Gasteiger partial charge in [-0.15, -0.1) is 0 Å². The maximum Gasteiger partial charge on any atom is 0.387 e. The molecule has 130 valence electrons. The summed E-state index contributed by atoms with van der Waals surface area (Å²) in [5.41, 5.74) is 12.2. The van der Waals surface area contributed by atoms with Crippen LogP contribution < -0.4 is 21.1 Å². The van der Waals surface area contributed by atoms with Crippen LogP contribution in [-0.2, 0) is 0 Å². The summed E-state index contributed by atoms with van der Waals surface area (Å²) < 4.78 is 30.0. The second kappa shape index (κ2) is 6.69. The standard InChI is InChI=1S/C15H18F2IN5O/c16-12(17)24-9-4-5-11(10(18)8-9)23-14(20)21-13(19)22-15(23)6-2-1-3-7-15/h4-5,8,12H,1-3,6-7H2,(H4,19,20,21,22). The van der Waals surface area contributed by atoms with E-state index >= 15 is 0 Å². The Morgan fingerprint density at radius 1 is 1.21 bits per heavy atom. The van der Waals surface area contributed by atoms with Crippen molar-refractivity contribution in [3.8, 4) is 5.75 Å². The average Bonchev–Trinajstić information content (AvgIpc) is 2.49. The van der Waals surface area contributed by atoms with E-state index < -0.39 is 12.3 Å². The van der Waals surface area contributed by atoms with Crippen LogP contribution in [0.15, 0.2) is 28.2 Å². The van der Waals surface area contributed by atoms with Crippen LogP contribution in [0.2, 0.25) is 0 Å². The predicted octanol–water partition coefficient (Wildman–Crippen LogP) is 3.00. The van der Waals surface area contributed by atoms with E-state index in [2.05, 4.69) is 37.3 Å². The number of benzene rings is 1. The summed E-state index contributed by atoms with van der Waals surface area (Å²) in [4.78, 5) is 10.6. The number of rotatable bonds is 3. The van der Waals surface area contributed by atoms with Crippen LogP contribution in [0, 0.1) is 3.57 Å². The molecule has 0 saturated heterocycles. The lowest BCUT2D eigenvalue weighted by Gasteiger charge is -2.46. The summed E-state index contributed by atoms with van der Waals surface area (Å²) in [6.07, 6.45) is 4.80. The van der Waals surface area contributed by atoms with E-state index in [1.807, 2.05) is 4.90 Å².